The lowest BCUT2D eigenvalue weighted by Crippen LogP contribution is -2.43. The number of pyridine rings is 1. The fourth-order valence-corrected chi connectivity index (χ4v) is 3.88. The van der Waals surface area contributed by atoms with Crippen LogP contribution in [0.4, 0.5) is 0 Å². The molecule has 31 heavy (non-hydrogen) atoms. The van der Waals surface area contributed by atoms with Crippen LogP contribution < -0.4 is 5.32 Å². The van der Waals surface area contributed by atoms with Crippen molar-refractivity contribution in [3.63, 3.8) is 0 Å². The zero-order chi connectivity index (χ0) is 22.1. The molecule has 0 spiro atoms. The lowest BCUT2D eigenvalue weighted by atomic mass is 10.1. The van der Waals surface area contributed by atoms with Crippen LogP contribution in [-0.4, -0.2) is 59.8 Å². The minimum absolute atomic E-state index is 0.348. The van der Waals surface area contributed by atoms with Crippen LogP contribution >= 0.6 is 0 Å². The highest BCUT2D eigenvalue weighted by molar-refractivity contribution is 5.87. The molecule has 0 saturated heterocycles. The van der Waals surface area contributed by atoms with Crippen LogP contribution in [0.15, 0.2) is 71.2 Å². The van der Waals surface area contributed by atoms with Gasteiger partial charge in [0.15, 0.2) is 0 Å². The number of rotatable bonds is 10. The van der Waals surface area contributed by atoms with Crippen molar-refractivity contribution in [2.45, 2.75) is 46.2 Å². The molecule has 2 aliphatic heterocycles. The van der Waals surface area contributed by atoms with Gasteiger partial charge in [-0.3, -0.25) is 14.9 Å². The van der Waals surface area contributed by atoms with Gasteiger partial charge in [-0.1, -0.05) is 23.8 Å². The fraction of sp³-hybridized carbons (Fsp3) is 0.462. The minimum Gasteiger partial charge on any atom is -0.383 e. The number of dihydropyridines is 1. The summed E-state index contributed by atoms with van der Waals surface area (Å²) in [5.41, 5.74) is 6.45. The molecular weight excluding hydrogens is 382 g/mol. The second kappa shape index (κ2) is 11.8. The number of allylic oxidation sites excluding steroid dienone is 5. The lowest BCUT2D eigenvalue weighted by molar-refractivity contribution is 0.208. The van der Waals surface area contributed by atoms with Gasteiger partial charge in [-0.05, 0) is 69.8 Å². The van der Waals surface area contributed by atoms with Gasteiger partial charge in [-0.2, -0.15) is 0 Å². The van der Waals surface area contributed by atoms with Crippen LogP contribution in [0, 0.1) is 6.92 Å². The SMILES string of the molecule is CC1=CC=CN=C(CCN(C)CCN(Cc2ncccc2C)C[C@@H]2NC=CC=C2C)C1. The molecule has 0 unspecified atom stereocenters. The van der Waals surface area contributed by atoms with Gasteiger partial charge >= 0.3 is 0 Å². The summed E-state index contributed by atoms with van der Waals surface area (Å²) in [6, 6.07) is 4.51. The normalized spacial score (nSPS) is 18.5. The molecule has 1 N–H and O–H groups in total. The number of aliphatic imine (C=N–C) groups is 1. The smallest absolute Gasteiger partial charge is 0.0595 e. The van der Waals surface area contributed by atoms with Crippen LogP contribution in [0.1, 0.15) is 37.9 Å². The quantitative estimate of drug-likeness (QED) is 0.616. The maximum absolute atomic E-state index is 4.64. The number of hydrogen-bond acceptors (Lipinski definition) is 5. The van der Waals surface area contributed by atoms with E-state index in [4.69, 9.17) is 0 Å². The average Bonchev–Trinajstić information content (AvgIpc) is 2.97. The highest BCUT2D eigenvalue weighted by Crippen LogP contribution is 2.13. The Labute approximate surface area is 188 Å². The molecule has 0 amide bonds. The molecule has 5 nitrogen and oxygen atoms in total. The molecular formula is C26H37N5. The fourth-order valence-electron chi connectivity index (χ4n) is 3.88. The van der Waals surface area contributed by atoms with Crippen molar-refractivity contribution in [1.82, 2.24) is 20.1 Å². The van der Waals surface area contributed by atoms with E-state index < -0.39 is 0 Å². The summed E-state index contributed by atoms with van der Waals surface area (Å²) in [6.45, 7) is 11.4. The topological polar surface area (TPSA) is 43.8 Å². The van der Waals surface area contributed by atoms with Gasteiger partial charge < -0.3 is 10.2 Å². The molecule has 1 aromatic heterocycles. The molecule has 166 valence electrons. The Bertz CT molecular complexity index is 878. The van der Waals surface area contributed by atoms with Gasteiger partial charge in [0.1, 0.15) is 0 Å². The molecule has 5 heteroatoms. The van der Waals surface area contributed by atoms with Crippen molar-refractivity contribution in [3.8, 4) is 0 Å². The molecule has 1 aromatic rings. The summed E-state index contributed by atoms with van der Waals surface area (Å²) in [5.74, 6) is 0. The van der Waals surface area contributed by atoms with Crippen molar-refractivity contribution in [2.75, 3.05) is 33.2 Å². The first-order valence-corrected chi connectivity index (χ1v) is 11.3. The Balaban J connectivity index is 1.55. The van der Waals surface area contributed by atoms with Gasteiger partial charge in [-0.15, -0.1) is 0 Å². The monoisotopic (exact) mass is 419 g/mol. The predicted molar refractivity (Wildman–Crippen MR) is 131 cm³/mol. The van der Waals surface area contributed by atoms with E-state index in [-0.39, 0.29) is 0 Å². The van der Waals surface area contributed by atoms with E-state index in [1.54, 1.807) is 0 Å². The summed E-state index contributed by atoms with van der Waals surface area (Å²) < 4.78 is 0. The maximum Gasteiger partial charge on any atom is 0.0595 e. The molecule has 0 aliphatic carbocycles. The Morgan fingerprint density at radius 3 is 2.77 bits per heavy atom. The lowest BCUT2D eigenvalue weighted by Gasteiger charge is -2.31. The Morgan fingerprint density at radius 2 is 1.97 bits per heavy atom. The van der Waals surface area contributed by atoms with Gasteiger partial charge in [0.25, 0.3) is 0 Å². The largest absolute Gasteiger partial charge is 0.383 e. The van der Waals surface area contributed by atoms with Crippen molar-refractivity contribution < 1.29 is 0 Å². The zero-order valence-corrected chi connectivity index (χ0v) is 19.5. The van der Waals surface area contributed by atoms with Gasteiger partial charge in [0.2, 0.25) is 0 Å². The molecule has 0 saturated carbocycles. The Morgan fingerprint density at radius 1 is 1.10 bits per heavy atom. The number of aryl methyl sites for hydroxylation is 1. The second-order valence-corrected chi connectivity index (χ2v) is 8.77. The van der Waals surface area contributed by atoms with E-state index in [0.29, 0.717) is 6.04 Å². The number of nitrogens with zero attached hydrogens (tertiary/aromatic N) is 4. The third-order valence-corrected chi connectivity index (χ3v) is 6.02. The molecule has 0 fully saturated rings. The van der Waals surface area contributed by atoms with Crippen LogP contribution in [0.3, 0.4) is 0 Å². The molecule has 0 bridgehead atoms. The molecule has 1 atom stereocenters. The number of aromatic nitrogens is 1. The van der Waals surface area contributed by atoms with Crippen LogP contribution in [0.5, 0.6) is 0 Å². The molecule has 0 radical (unpaired) electrons. The minimum atomic E-state index is 0.348. The number of nitrogens with one attached hydrogen (secondary N) is 1. The number of likely N-dealkylation sites (N-methyl/N-ethyl adjacent to an activating group) is 1. The van der Waals surface area contributed by atoms with E-state index in [1.807, 2.05) is 30.7 Å². The molecule has 2 aliphatic rings. The highest BCUT2D eigenvalue weighted by atomic mass is 15.2. The van der Waals surface area contributed by atoms with Crippen molar-refractivity contribution in [3.05, 3.63) is 77.4 Å². The summed E-state index contributed by atoms with van der Waals surface area (Å²) in [6.07, 6.45) is 16.3. The molecule has 3 rings (SSSR count). The van der Waals surface area contributed by atoms with E-state index in [9.17, 15) is 0 Å². The first-order chi connectivity index (χ1) is 15.0. The van der Waals surface area contributed by atoms with Crippen LogP contribution in [0.25, 0.3) is 0 Å². The van der Waals surface area contributed by atoms with Gasteiger partial charge in [-0.25, -0.2) is 0 Å². The Hall–Kier alpha value is -2.50. The van der Waals surface area contributed by atoms with E-state index in [1.165, 1.54) is 28.1 Å². The first-order valence-electron chi connectivity index (χ1n) is 11.3. The summed E-state index contributed by atoms with van der Waals surface area (Å²) in [5, 5.41) is 3.51. The van der Waals surface area contributed by atoms with Crippen LogP contribution in [-0.2, 0) is 6.54 Å². The highest BCUT2D eigenvalue weighted by Gasteiger charge is 2.18. The van der Waals surface area contributed by atoms with Crippen molar-refractivity contribution in [1.29, 1.82) is 0 Å². The third-order valence-electron chi connectivity index (χ3n) is 6.02. The van der Waals surface area contributed by atoms with E-state index in [0.717, 1.165) is 45.6 Å². The summed E-state index contributed by atoms with van der Waals surface area (Å²) in [7, 11) is 2.22. The summed E-state index contributed by atoms with van der Waals surface area (Å²) >= 11 is 0. The predicted octanol–water partition coefficient (Wildman–Crippen LogP) is 4.25. The third kappa shape index (κ3) is 7.60. The van der Waals surface area contributed by atoms with E-state index in [2.05, 4.69) is 77.2 Å². The Kier molecular flexibility index (Phi) is 8.80. The van der Waals surface area contributed by atoms with E-state index >= 15 is 0 Å². The molecule has 0 aromatic carbocycles. The zero-order valence-electron chi connectivity index (χ0n) is 19.5. The average molecular weight is 420 g/mol. The van der Waals surface area contributed by atoms with Crippen molar-refractivity contribution in [2.24, 2.45) is 4.99 Å². The van der Waals surface area contributed by atoms with Crippen LogP contribution in [0.2, 0.25) is 0 Å². The van der Waals surface area contributed by atoms with Crippen molar-refractivity contribution >= 4 is 5.71 Å². The molecule has 3 heterocycles. The van der Waals surface area contributed by atoms with Gasteiger partial charge in [0, 0.05) is 57.3 Å². The second-order valence-electron chi connectivity index (χ2n) is 8.77. The number of hydrogen-bond donors (Lipinski definition) is 1. The first kappa shape index (κ1) is 23.2. The summed E-state index contributed by atoms with van der Waals surface area (Å²) in [4.78, 5) is 14.2. The maximum atomic E-state index is 4.64. The van der Waals surface area contributed by atoms with Gasteiger partial charge in [0.05, 0.1) is 11.7 Å². The standard InChI is InChI=1S/C26H37N5/c1-21-8-5-12-27-24(18-21)11-15-30(4)16-17-31(19-25-22(2)9-6-13-28-25)20-26-23(3)10-7-14-29-26/h5-10,12-14,25,28H,11,15-20H2,1-4H3/t25-/m0/s1.